The van der Waals surface area contributed by atoms with Gasteiger partial charge in [0.15, 0.2) is 0 Å². The molecule has 0 fully saturated rings. The maximum absolute atomic E-state index is 14.2. The molecule has 0 spiro atoms. The van der Waals surface area contributed by atoms with Gasteiger partial charge >= 0.3 is 0 Å². The Morgan fingerprint density at radius 3 is 2.65 bits per heavy atom. The molecule has 2 aromatic carbocycles. The normalized spacial score (nSPS) is 12.2. The first kappa shape index (κ1) is 14.8. The van der Waals surface area contributed by atoms with E-state index >= 15 is 0 Å². The summed E-state index contributed by atoms with van der Waals surface area (Å²) in [7, 11) is 1.52. The number of nitrogens with one attached hydrogen (secondary N) is 1. The number of hydrogen-bond acceptors (Lipinski definition) is 2. The third kappa shape index (κ3) is 3.30. The number of ether oxygens (including phenoxy) is 1. The van der Waals surface area contributed by atoms with Crippen molar-refractivity contribution in [2.24, 2.45) is 0 Å². The third-order valence-electron chi connectivity index (χ3n) is 3.11. The van der Waals surface area contributed by atoms with Crippen LogP contribution in [0.5, 0.6) is 5.75 Å². The molecule has 0 aromatic heterocycles. The fraction of sp³-hybridized carbons (Fsp3) is 0.250. The first-order valence-corrected chi connectivity index (χ1v) is 6.85. The van der Waals surface area contributed by atoms with E-state index in [1.165, 1.54) is 13.2 Å². The van der Waals surface area contributed by atoms with Crippen molar-refractivity contribution < 1.29 is 9.13 Å². The highest BCUT2D eigenvalue weighted by molar-refractivity contribution is 6.30. The average molecular weight is 294 g/mol. The summed E-state index contributed by atoms with van der Waals surface area (Å²) >= 11 is 6.02. The van der Waals surface area contributed by atoms with Gasteiger partial charge in [-0.05, 0) is 30.3 Å². The van der Waals surface area contributed by atoms with Gasteiger partial charge in [-0.1, -0.05) is 36.7 Å². The zero-order chi connectivity index (χ0) is 14.5. The van der Waals surface area contributed by atoms with Gasteiger partial charge in [0.25, 0.3) is 0 Å². The standard InChI is InChI=1S/C16H17ClFNO/c1-3-19-16(11-5-4-6-12(17)9-11)14-8-7-13(20-2)10-15(14)18/h4-10,16,19H,3H2,1-2H3. The van der Waals surface area contributed by atoms with Crippen LogP contribution in [-0.2, 0) is 0 Å². The molecule has 20 heavy (non-hydrogen) atoms. The Morgan fingerprint density at radius 2 is 2.05 bits per heavy atom. The molecule has 2 nitrogen and oxygen atoms in total. The molecule has 0 radical (unpaired) electrons. The molecule has 0 aliphatic carbocycles. The second-order valence-electron chi connectivity index (χ2n) is 4.43. The van der Waals surface area contributed by atoms with Crippen LogP contribution in [-0.4, -0.2) is 13.7 Å². The fourth-order valence-electron chi connectivity index (χ4n) is 2.17. The molecule has 0 bridgehead atoms. The molecule has 0 saturated heterocycles. The van der Waals surface area contributed by atoms with Crippen LogP contribution in [0, 0.1) is 5.82 Å². The summed E-state index contributed by atoms with van der Waals surface area (Å²) in [5.74, 6) is 0.211. The lowest BCUT2D eigenvalue weighted by molar-refractivity contribution is 0.410. The SMILES string of the molecule is CCNC(c1cccc(Cl)c1)c1ccc(OC)cc1F. The molecule has 0 amide bonds. The van der Waals surface area contributed by atoms with Crippen LogP contribution in [0.1, 0.15) is 24.1 Å². The predicted molar refractivity (Wildman–Crippen MR) is 79.9 cm³/mol. The second kappa shape index (κ2) is 6.73. The van der Waals surface area contributed by atoms with Gasteiger partial charge in [-0.15, -0.1) is 0 Å². The van der Waals surface area contributed by atoms with Gasteiger partial charge in [0.05, 0.1) is 13.2 Å². The molecule has 1 atom stereocenters. The first-order valence-electron chi connectivity index (χ1n) is 6.48. The molecule has 0 aliphatic heterocycles. The van der Waals surface area contributed by atoms with Crippen molar-refractivity contribution in [3.63, 3.8) is 0 Å². The predicted octanol–water partition coefficient (Wildman–Crippen LogP) is 4.19. The molecule has 1 unspecified atom stereocenters. The van der Waals surface area contributed by atoms with Gasteiger partial charge in [-0.25, -0.2) is 4.39 Å². The van der Waals surface area contributed by atoms with Gasteiger partial charge in [0.2, 0.25) is 0 Å². The van der Waals surface area contributed by atoms with E-state index in [1.807, 2.05) is 25.1 Å². The molecule has 2 aromatic rings. The molecule has 106 valence electrons. The first-order chi connectivity index (χ1) is 9.65. The van der Waals surface area contributed by atoms with Gasteiger partial charge in [0, 0.05) is 16.7 Å². The third-order valence-corrected chi connectivity index (χ3v) is 3.34. The highest BCUT2D eigenvalue weighted by Gasteiger charge is 2.17. The van der Waals surface area contributed by atoms with Crippen LogP contribution in [0.3, 0.4) is 0 Å². The van der Waals surface area contributed by atoms with Crippen molar-refractivity contribution in [2.75, 3.05) is 13.7 Å². The zero-order valence-corrected chi connectivity index (χ0v) is 12.2. The lowest BCUT2D eigenvalue weighted by Crippen LogP contribution is -2.23. The van der Waals surface area contributed by atoms with E-state index in [-0.39, 0.29) is 11.9 Å². The average Bonchev–Trinajstić information content (AvgIpc) is 2.45. The van der Waals surface area contributed by atoms with Crippen molar-refractivity contribution in [1.29, 1.82) is 0 Å². The second-order valence-corrected chi connectivity index (χ2v) is 4.87. The molecule has 4 heteroatoms. The highest BCUT2D eigenvalue weighted by atomic mass is 35.5. The van der Waals surface area contributed by atoms with E-state index in [9.17, 15) is 4.39 Å². The Balaban J connectivity index is 2.43. The van der Waals surface area contributed by atoms with Gasteiger partial charge in [-0.2, -0.15) is 0 Å². The lowest BCUT2D eigenvalue weighted by Gasteiger charge is -2.20. The Morgan fingerprint density at radius 1 is 1.25 bits per heavy atom. The Bertz CT molecular complexity index is 588. The van der Waals surface area contributed by atoms with Crippen LogP contribution < -0.4 is 10.1 Å². The molecule has 0 saturated carbocycles. The summed E-state index contributed by atoms with van der Waals surface area (Å²) < 4.78 is 19.3. The van der Waals surface area contributed by atoms with E-state index in [2.05, 4.69) is 5.32 Å². The lowest BCUT2D eigenvalue weighted by atomic mass is 9.98. The minimum atomic E-state index is -0.296. The van der Waals surface area contributed by atoms with Gasteiger partial charge in [0.1, 0.15) is 11.6 Å². The highest BCUT2D eigenvalue weighted by Crippen LogP contribution is 2.28. The minimum Gasteiger partial charge on any atom is -0.497 e. The Hall–Kier alpha value is -1.58. The Labute approximate surface area is 123 Å². The van der Waals surface area contributed by atoms with Crippen molar-refractivity contribution in [3.8, 4) is 5.75 Å². The van der Waals surface area contributed by atoms with E-state index in [4.69, 9.17) is 16.3 Å². The summed E-state index contributed by atoms with van der Waals surface area (Å²) in [6, 6.07) is 12.1. The number of rotatable bonds is 5. The van der Waals surface area contributed by atoms with Gasteiger partial charge < -0.3 is 10.1 Å². The van der Waals surface area contributed by atoms with E-state index in [1.54, 1.807) is 18.2 Å². The molecule has 2 rings (SSSR count). The van der Waals surface area contributed by atoms with E-state index in [0.717, 1.165) is 12.1 Å². The van der Waals surface area contributed by atoms with Crippen LogP contribution in [0.2, 0.25) is 5.02 Å². The van der Waals surface area contributed by atoms with Crippen LogP contribution in [0.15, 0.2) is 42.5 Å². The molecular formula is C16H17ClFNO. The fourth-order valence-corrected chi connectivity index (χ4v) is 2.37. The summed E-state index contributed by atoms with van der Waals surface area (Å²) in [4.78, 5) is 0. The van der Waals surface area contributed by atoms with Crippen LogP contribution in [0.25, 0.3) is 0 Å². The number of halogens is 2. The van der Waals surface area contributed by atoms with Crippen molar-refractivity contribution in [3.05, 3.63) is 64.4 Å². The van der Waals surface area contributed by atoms with Gasteiger partial charge in [-0.3, -0.25) is 0 Å². The quantitative estimate of drug-likeness (QED) is 0.892. The molecule has 1 N–H and O–H groups in total. The summed E-state index contributed by atoms with van der Waals surface area (Å²) in [6.45, 7) is 2.71. The monoisotopic (exact) mass is 293 g/mol. The number of methoxy groups -OCH3 is 1. The maximum atomic E-state index is 14.2. The number of benzene rings is 2. The molecule has 0 aliphatic rings. The summed E-state index contributed by atoms with van der Waals surface area (Å²) in [5.41, 5.74) is 1.51. The number of hydrogen-bond donors (Lipinski definition) is 1. The van der Waals surface area contributed by atoms with E-state index < -0.39 is 0 Å². The largest absolute Gasteiger partial charge is 0.497 e. The Kier molecular flexibility index (Phi) is 4.99. The van der Waals surface area contributed by atoms with Crippen molar-refractivity contribution >= 4 is 11.6 Å². The smallest absolute Gasteiger partial charge is 0.132 e. The maximum Gasteiger partial charge on any atom is 0.132 e. The topological polar surface area (TPSA) is 21.3 Å². The zero-order valence-electron chi connectivity index (χ0n) is 11.5. The minimum absolute atomic E-state index is 0.232. The van der Waals surface area contributed by atoms with Crippen LogP contribution >= 0.6 is 11.6 Å². The molecular weight excluding hydrogens is 277 g/mol. The summed E-state index contributed by atoms with van der Waals surface area (Å²) in [6.07, 6.45) is 0. The van der Waals surface area contributed by atoms with Crippen LogP contribution in [0.4, 0.5) is 4.39 Å². The van der Waals surface area contributed by atoms with E-state index in [0.29, 0.717) is 16.3 Å². The summed E-state index contributed by atoms with van der Waals surface area (Å²) in [5, 5.41) is 3.92. The molecule has 0 heterocycles. The van der Waals surface area contributed by atoms with Crippen molar-refractivity contribution in [2.45, 2.75) is 13.0 Å². The van der Waals surface area contributed by atoms with Crippen molar-refractivity contribution in [1.82, 2.24) is 5.32 Å².